The Bertz CT molecular complexity index is 349. The highest BCUT2D eigenvalue weighted by Crippen LogP contribution is 2.34. The van der Waals surface area contributed by atoms with Gasteiger partial charge in [-0.3, -0.25) is 4.79 Å². The zero-order valence-electron chi connectivity index (χ0n) is 12.0. The van der Waals surface area contributed by atoms with E-state index in [0.29, 0.717) is 5.75 Å². The van der Waals surface area contributed by atoms with Gasteiger partial charge >= 0.3 is 5.97 Å². The maximum Gasteiger partial charge on any atom is 0.327 e. The molecule has 0 aliphatic carbocycles. The predicted octanol–water partition coefficient (Wildman–Crippen LogP) is 1.37. The number of hydrogen-bond donors (Lipinski definition) is 2. The molecule has 5 nitrogen and oxygen atoms in total. The highest BCUT2D eigenvalue weighted by molar-refractivity contribution is 8.00. The zero-order valence-corrected chi connectivity index (χ0v) is 12.8. The SMILES string of the molecule is CCC(C)C(N)C(=O)N1C(C(=O)O)CSC1C(C)C. The van der Waals surface area contributed by atoms with Crippen LogP contribution in [0.4, 0.5) is 0 Å². The number of hydrogen-bond acceptors (Lipinski definition) is 4. The lowest BCUT2D eigenvalue weighted by atomic mass is 9.98. The number of thioether (sulfide) groups is 1. The minimum atomic E-state index is -0.944. The summed E-state index contributed by atoms with van der Waals surface area (Å²) in [5, 5.41) is 9.17. The molecule has 0 aromatic rings. The lowest BCUT2D eigenvalue weighted by Gasteiger charge is -2.33. The molecule has 6 heteroatoms. The molecule has 110 valence electrons. The van der Waals surface area contributed by atoms with Crippen molar-refractivity contribution in [3.8, 4) is 0 Å². The highest BCUT2D eigenvalue weighted by atomic mass is 32.2. The van der Waals surface area contributed by atoms with Gasteiger partial charge in [-0.2, -0.15) is 0 Å². The maximum atomic E-state index is 12.5. The van der Waals surface area contributed by atoms with Gasteiger partial charge in [0.15, 0.2) is 0 Å². The first-order valence-electron chi connectivity index (χ1n) is 6.73. The summed E-state index contributed by atoms with van der Waals surface area (Å²) in [7, 11) is 0. The number of aliphatic carboxylic acids is 1. The van der Waals surface area contributed by atoms with E-state index in [9.17, 15) is 14.7 Å². The Hall–Kier alpha value is -0.750. The fourth-order valence-electron chi connectivity index (χ4n) is 2.18. The predicted molar refractivity (Wildman–Crippen MR) is 76.8 cm³/mol. The van der Waals surface area contributed by atoms with Crippen molar-refractivity contribution in [2.75, 3.05) is 5.75 Å². The molecule has 0 bridgehead atoms. The molecule has 1 aliphatic heterocycles. The summed E-state index contributed by atoms with van der Waals surface area (Å²) in [6, 6.07) is -1.37. The van der Waals surface area contributed by atoms with E-state index in [1.165, 1.54) is 16.7 Å². The number of carboxylic acids is 1. The Kier molecular flexibility index (Phi) is 5.67. The summed E-state index contributed by atoms with van der Waals surface area (Å²) in [5.41, 5.74) is 5.98. The number of amides is 1. The first-order chi connectivity index (χ1) is 8.81. The number of carboxylic acid groups (broad SMARTS) is 1. The second-order valence-electron chi connectivity index (χ2n) is 5.48. The van der Waals surface area contributed by atoms with Crippen LogP contribution in [0.3, 0.4) is 0 Å². The Balaban J connectivity index is 2.95. The number of carbonyl (C=O) groups excluding carboxylic acids is 1. The molecule has 1 amide bonds. The topological polar surface area (TPSA) is 83.6 Å². The van der Waals surface area contributed by atoms with E-state index in [1.54, 1.807) is 0 Å². The van der Waals surface area contributed by atoms with Gasteiger partial charge in [0.1, 0.15) is 6.04 Å². The molecule has 4 unspecified atom stereocenters. The Morgan fingerprint density at radius 3 is 2.42 bits per heavy atom. The molecule has 0 saturated carbocycles. The second-order valence-corrected chi connectivity index (χ2v) is 6.63. The minimum absolute atomic E-state index is 0.0559. The van der Waals surface area contributed by atoms with E-state index >= 15 is 0 Å². The van der Waals surface area contributed by atoms with E-state index in [4.69, 9.17) is 5.73 Å². The van der Waals surface area contributed by atoms with Crippen molar-refractivity contribution >= 4 is 23.6 Å². The van der Waals surface area contributed by atoms with E-state index in [-0.39, 0.29) is 23.1 Å². The fraction of sp³-hybridized carbons (Fsp3) is 0.846. The maximum absolute atomic E-state index is 12.5. The molecular formula is C13H24N2O3S. The lowest BCUT2D eigenvalue weighted by molar-refractivity contribution is -0.150. The van der Waals surface area contributed by atoms with Gasteiger partial charge in [0.25, 0.3) is 0 Å². The first-order valence-corrected chi connectivity index (χ1v) is 7.78. The van der Waals surface area contributed by atoms with Gasteiger partial charge in [-0.05, 0) is 11.8 Å². The third-order valence-electron chi connectivity index (χ3n) is 3.69. The summed E-state index contributed by atoms with van der Waals surface area (Å²) in [5.74, 6) is -0.467. The van der Waals surface area contributed by atoms with Crippen molar-refractivity contribution in [1.29, 1.82) is 0 Å². The minimum Gasteiger partial charge on any atom is -0.480 e. The summed E-state index contributed by atoms with van der Waals surface area (Å²) >= 11 is 1.53. The standard InChI is InChI=1S/C13H24N2O3S/c1-5-8(4)10(14)11(16)15-9(13(17)18)6-19-12(15)7(2)3/h7-10,12H,5-6,14H2,1-4H3,(H,17,18). The van der Waals surface area contributed by atoms with Gasteiger partial charge in [0.2, 0.25) is 5.91 Å². The third-order valence-corrected chi connectivity index (χ3v) is 5.31. The third kappa shape index (κ3) is 3.42. The lowest BCUT2D eigenvalue weighted by Crippen LogP contribution is -2.54. The zero-order chi connectivity index (χ0) is 14.7. The molecular weight excluding hydrogens is 264 g/mol. The average molecular weight is 288 g/mol. The fourth-order valence-corrected chi connectivity index (χ4v) is 3.66. The van der Waals surface area contributed by atoms with Crippen molar-refractivity contribution < 1.29 is 14.7 Å². The normalized spacial score (nSPS) is 26.5. The van der Waals surface area contributed by atoms with E-state index < -0.39 is 18.1 Å². The van der Waals surface area contributed by atoms with Gasteiger partial charge in [0.05, 0.1) is 11.4 Å². The van der Waals surface area contributed by atoms with Crippen LogP contribution in [0.25, 0.3) is 0 Å². The summed E-state index contributed by atoms with van der Waals surface area (Å²) in [6.07, 6.45) is 0.804. The van der Waals surface area contributed by atoms with Crippen LogP contribution >= 0.6 is 11.8 Å². The van der Waals surface area contributed by atoms with E-state index in [0.717, 1.165) is 6.42 Å². The van der Waals surface area contributed by atoms with Gasteiger partial charge in [0, 0.05) is 5.75 Å². The average Bonchev–Trinajstić information content (AvgIpc) is 2.80. The molecule has 19 heavy (non-hydrogen) atoms. The van der Waals surface area contributed by atoms with Crippen molar-refractivity contribution in [2.45, 2.75) is 51.6 Å². The van der Waals surface area contributed by atoms with Crippen LogP contribution in [0.1, 0.15) is 34.1 Å². The van der Waals surface area contributed by atoms with Crippen LogP contribution < -0.4 is 5.73 Å². The van der Waals surface area contributed by atoms with Gasteiger partial charge in [-0.1, -0.05) is 34.1 Å². The van der Waals surface area contributed by atoms with E-state index in [2.05, 4.69) is 0 Å². The molecule has 0 spiro atoms. The van der Waals surface area contributed by atoms with Crippen molar-refractivity contribution in [3.63, 3.8) is 0 Å². The largest absolute Gasteiger partial charge is 0.480 e. The van der Waals surface area contributed by atoms with Gasteiger partial charge in [-0.25, -0.2) is 4.79 Å². The van der Waals surface area contributed by atoms with Crippen molar-refractivity contribution in [2.24, 2.45) is 17.6 Å². The van der Waals surface area contributed by atoms with Crippen LogP contribution in [-0.4, -0.2) is 45.1 Å². The number of nitrogens with zero attached hydrogens (tertiary/aromatic N) is 1. The van der Waals surface area contributed by atoms with Crippen molar-refractivity contribution in [1.82, 2.24) is 4.90 Å². The van der Waals surface area contributed by atoms with Crippen LogP contribution in [-0.2, 0) is 9.59 Å². The van der Waals surface area contributed by atoms with Crippen LogP contribution in [0.5, 0.6) is 0 Å². The Morgan fingerprint density at radius 1 is 1.42 bits per heavy atom. The Morgan fingerprint density at radius 2 is 2.00 bits per heavy atom. The molecule has 0 aromatic heterocycles. The van der Waals surface area contributed by atoms with E-state index in [1.807, 2.05) is 27.7 Å². The molecule has 1 heterocycles. The molecule has 1 saturated heterocycles. The molecule has 1 rings (SSSR count). The van der Waals surface area contributed by atoms with Crippen LogP contribution in [0.2, 0.25) is 0 Å². The second kappa shape index (κ2) is 6.61. The molecule has 1 aliphatic rings. The van der Waals surface area contributed by atoms with Gasteiger partial charge < -0.3 is 15.7 Å². The molecule has 1 fully saturated rings. The van der Waals surface area contributed by atoms with Gasteiger partial charge in [-0.15, -0.1) is 11.8 Å². The quantitative estimate of drug-likeness (QED) is 0.798. The molecule has 3 N–H and O–H groups in total. The number of rotatable bonds is 5. The monoisotopic (exact) mass is 288 g/mol. The number of nitrogens with two attached hydrogens (primary N) is 1. The molecule has 0 radical (unpaired) electrons. The number of carbonyl (C=O) groups is 2. The first kappa shape index (κ1) is 16.3. The molecule has 4 atom stereocenters. The van der Waals surface area contributed by atoms with Crippen molar-refractivity contribution in [3.05, 3.63) is 0 Å². The summed E-state index contributed by atoms with van der Waals surface area (Å²) in [6.45, 7) is 7.89. The van der Waals surface area contributed by atoms with Crippen LogP contribution in [0, 0.1) is 11.8 Å². The highest BCUT2D eigenvalue weighted by Gasteiger charge is 2.44. The van der Waals surface area contributed by atoms with Crippen LogP contribution in [0.15, 0.2) is 0 Å². The smallest absolute Gasteiger partial charge is 0.327 e. The Labute approximate surface area is 118 Å². The summed E-state index contributed by atoms with van der Waals surface area (Å²) < 4.78 is 0. The molecule has 0 aromatic carbocycles. The summed E-state index contributed by atoms with van der Waals surface area (Å²) in [4.78, 5) is 25.3.